The Hall–Kier alpha value is -3.37. The van der Waals surface area contributed by atoms with Crippen LogP contribution in [0.4, 0.5) is 5.69 Å². The fourth-order valence-corrected chi connectivity index (χ4v) is 5.83. The smallest absolute Gasteiger partial charge is 0.264 e. The molecular weight excluding hydrogens is 582 g/mol. The van der Waals surface area contributed by atoms with E-state index in [1.165, 1.54) is 17.0 Å². The van der Waals surface area contributed by atoms with E-state index in [1.807, 2.05) is 26.8 Å². The number of ether oxygens (including phenoxy) is 1. The van der Waals surface area contributed by atoms with E-state index in [0.29, 0.717) is 24.4 Å². The Morgan fingerprint density at radius 1 is 1.00 bits per heavy atom. The molecule has 0 aliphatic heterocycles. The van der Waals surface area contributed by atoms with Crippen LogP contribution < -0.4 is 14.4 Å². The van der Waals surface area contributed by atoms with Crippen molar-refractivity contribution in [3.8, 4) is 5.75 Å². The van der Waals surface area contributed by atoms with Crippen LogP contribution in [0.25, 0.3) is 0 Å². The van der Waals surface area contributed by atoms with Crippen LogP contribution >= 0.6 is 15.9 Å². The van der Waals surface area contributed by atoms with Gasteiger partial charge in [0.05, 0.1) is 17.7 Å². The molecular formula is C29H34BrN3O5S. The van der Waals surface area contributed by atoms with Crippen molar-refractivity contribution in [2.75, 3.05) is 24.5 Å². The summed E-state index contributed by atoms with van der Waals surface area (Å²) in [7, 11) is -2.56. The summed E-state index contributed by atoms with van der Waals surface area (Å²) in [6.07, 6.45) is 0.352. The summed E-state index contributed by atoms with van der Waals surface area (Å²) in [5, 5.41) is 2.80. The van der Waals surface area contributed by atoms with Gasteiger partial charge in [0.1, 0.15) is 18.3 Å². The molecule has 0 unspecified atom stereocenters. The number of benzene rings is 3. The second-order valence-corrected chi connectivity index (χ2v) is 11.8. The van der Waals surface area contributed by atoms with E-state index in [0.717, 1.165) is 19.9 Å². The molecule has 208 valence electrons. The lowest BCUT2D eigenvalue weighted by Gasteiger charge is -2.33. The zero-order valence-electron chi connectivity index (χ0n) is 22.6. The maximum Gasteiger partial charge on any atom is 0.264 e. The lowest BCUT2D eigenvalue weighted by molar-refractivity contribution is -0.140. The Balaban J connectivity index is 2.06. The van der Waals surface area contributed by atoms with Crippen molar-refractivity contribution < 1.29 is 22.7 Å². The van der Waals surface area contributed by atoms with Crippen LogP contribution in [0.2, 0.25) is 0 Å². The quantitative estimate of drug-likeness (QED) is 0.312. The summed E-state index contributed by atoms with van der Waals surface area (Å²) in [4.78, 5) is 28.5. The zero-order chi connectivity index (χ0) is 28.6. The minimum absolute atomic E-state index is 0.0685. The van der Waals surface area contributed by atoms with Crippen LogP contribution in [0.15, 0.2) is 82.2 Å². The highest BCUT2D eigenvalue weighted by Crippen LogP contribution is 2.27. The third-order valence-corrected chi connectivity index (χ3v) is 8.54. The van der Waals surface area contributed by atoms with Gasteiger partial charge in [0.2, 0.25) is 11.8 Å². The van der Waals surface area contributed by atoms with Crippen LogP contribution in [-0.2, 0) is 26.2 Å². The molecule has 3 rings (SSSR count). The first-order chi connectivity index (χ1) is 18.6. The summed E-state index contributed by atoms with van der Waals surface area (Å²) in [6.45, 7) is 5.52. The number of carbonyl (C=O) groups excluding carboxylic acids is 2. The van der Waals surface area contributed by atoms with E-state index in [1.54, 1.807) is 61.7 Å². The highest BCUT2D eigenvalue weighted by Gasteiger charge is 2.33. The number of rotatable bonds is 12. The number of amides is 2. The molecule has 0 radical (unpaired) electrons. The zero-order valence-corrected chi connectivity index (χ0v) is 25.0. The normalized spacial score (nSPS) is 11.9. The Bertz CT molecular complexity index is 1380. The van der Waals surface area contributed by atoms with Crippen molar-refractivity contribution in [3.05, 3.63) is 88.4 Å². The van der Waals surface area contributed by atoms with Gasteiger partial charge in [-0.05, 0) is 74.4 Å². The molecule has 3 aromatic rings. The predicted molar refractivity (Wildman–Crippen MR) is 156 cm³/mol. The number of methoxy groups -OCH3 is 1. The standard InChI is InChI=1S/C29H34BrN3O5S/c1-5-27(29(35)31-6-2)32(19-22-8-7-9-25(18-22)38-4)28(34)20-33(24-14-12-23(30)13-15-24)39(36,37)26-16-10-21(3)11-17-26/h7-18,27H,5-6,19-20H2,1-4H3,(H,31,35)/t27-/m0/s1. The SMILES string of the molecule is CCNC(=O)[C@H](CC)N(Cc1cccc(OC)c1)C(=O)CN(c1ccc(Br)cc1)S(=O)(=O)c1ccc(C)cc1. The number of likely N-dealkylation sites (N-methyl/N-ethyl adjacent to an activating group) is 1. The number of aryl methyl sites for hydroxylation is 1. The van der Waals surface area contributed by atoms with E-state index >= 15 is 0 Å². The van der Waals surface area contributed by atoms with Crippen molar-refractivity contribution in [2.24, 2.45) is 0 Å². The summed E-state index contributed by atoms with van der Waals surface area (Å²) in [5.41, 5.74) is 2.00. The van der Waals surface area contributed by atoms with E-state index < -0.39 is 28.5 Å². The number of carbonyl (C=O) groups is 2. The van der Waals surface area contributed by atoms with Gasteiger partial charge in [-0.25, -0.2) is 8.42 Å². The first-order valence-electron chi connectivity index (χ1n) is 12.7. The molecule has 0 saturated carbocycles. The van der Waals surface area contributed by atoms with Crippen molar-refractivity contribution in [3.63, 3.8) is 0 Å². The van der Waals surface area contributed by atoms with Gasteiger partial charge in [-0.2, -0.15) is 0 Å². The lowest BCUT2D eigenvalue weighted by Crippen LogP contribution is -2.52. The molecule has 10 heteroatoms. The van der Waals surface area contributed by atoms with Gasteiger partial charge in [-0.1, -0.05) is 52.7 Å². The van der Waals surface area contributed by atoms with Crippen LogP contribution in [0, 0.1) is 6.92 Å². The number of nitrogens with zero attached hydrogens (tertiary/aromatic N) is 2. The van der Waals surface area contributed by atoms with Gasteiger partial charge < -0.3 is 15.0 Å². The first-order valence-corrected chi connectivity index (χ1v) is 14.9. The van der Waals surface area contributed by atoms with Gasteiger partial charge >= 0.3 is 0 Å². The van der Waals surface area contributed by atoms with Gasteiger partial charge in [-0.15, -0.1) is 0 Å². The molecule has 0 aliphatic rings. The van der Waals surface area contributed by atoms with E-state index in [4.69, 9.17) is 4.74 Å². The fourth-order valence-electron chi connectivity index (χ4n) is 4.15. The molecule has 1 atom stereocenters. The molecule has 0 aliphatic carbocycles. The maximum absolute atomic E-state index is 14.0. The number of halogens is 1. The monoisotopic (exact) mass is 615 g/mol. The molecule has 3 aromatic carbocycles. The second kappa shape index (κ2) is 13.6. The Kier molecular flexibility index (Phi) is 10.5. The van der Waals surface area contributed by atoms with Crippen LogP contribution in [-0.4, -0.2) is 51.4 Å². The minimum Gasteiger partial charge on any atom is -0.497 e. The fraction of sp³-hybridized carbons (Fsp3) is 0.310. The highest BCUT2D eigenvalue weighted by molar-refractivity contribution is 9.10. The van der Waals surface area contributed by atoms with Gasteiger partial charge in [0.25, 0.3) is 10.0 Å². The average molecular weight is 617 g/mol. The maximum atomic E-state index is 14.0. The lowest BCUT2D eigenvalue weighted by atomic mass is 10.1. The number of nitrogens with one attached hydrogen (secondary N) is 1. The van der Waals surface area contributed by atoms with Crippen LogP contribution in [0.5, 0.6) is 5.75 Å². The van der Waals surface area contributed by atoms with E-state index in [9.17, 15) is 18.0 Å². The molecule has 0 heterocycles. The van der Waals surface area contributed by atoms with E-state index in [2.05, 4.69) is 21.2 Å². The summed E-state index contributed by atoms with van der Waals surface area (Å²) in [5.74, 6) is -0.188. The van der Waals surface area contributed by atoms with Crippen LogP contribution in [0.1, 0.15) is 31.4 Å². The van der Waals surface area contributed by atoms with Gasteiger partial charge in [0.15, 0.2) is 0 Å². The van der Waals surface area contributed by atoms with Crippen LogP contribution in [0.3, 0.4) is 0 Å². The molecule has 0 fully saturated rings. The molecule has 0 spiro atoms. The average Bonchev–Trinajstić information content (AvgIpc) is 2.92. The third kappa shape index (κ3) is 7.60. The molecule has 1 N–H and O–H groups in total. The molecule has 2 amide bonds. The molecule has 0 aromatic heterocycles. The summed E-state index contributed by atoms with van der Waals surface area (Å²) < 4.78 is 34.9. The minimum atomic E-state index is -4.11. The Labute approximate surface area is 239 Å². The van der Waals surface area contributed by atoms with Crippen molar-refractivity contribution in [1.82, 2.24) is 10.2 Å². The van der Waals surface area contributed by atoms with Crippen molar-refractivity contribution >= 4 is 43.5 Å². The Morgan fingerprint density at radius 3 is 2.26 bits per heavy atom. The largest absolute Gasteiger partial charge is 0.497 e. The van der Waals surface area contributed by atoms with Gasteiger partial charge in [0, 0.05) is 17.6 Å². The topological polar surface area (TPSA) is 96.0 Å². The summed E-state index contributed by atoms with van der Waals surface area (Å²) >= 11 is 3.38. The third-order valence-electron chi connectivity index (χ3n) is 6.23. The number of hydrogen-bond acceptors (Lipinski definition) is 5. The Morgan fingerprint density at radius 2 is 1.67 bits per heavy atom. The van der Waals surface area contributed by atoms with Gasteiger partial charge in [-0.3, -0.25) is 13.9 Å². The second-order valence-electron chi connectivity index (χ2n) is 8.99. The number of hydrogen-bond donors (Lipinski definition) is 1. The van der Waals surface area contributed by atoms with E-state index in [-0.39, 0.29) is 17.3 Å². The molecule has 0 saturated heterocycles. The number of anilines is 1. The molecule has 39 heavy (non-hydrogen) atoms. The molecule has 8 nitrogen and oxygen atoms in total. The van der Waals surface area contributed by atoms with Crippen molar-refractivity contribution in [2.45, 2.75) is 44.7 Å². The summed E-state index contributed by atoms with van der Waals surface area (Å²) in [6, 6.07) is 19.6. The highest BCUT2D eigenvalue weighted by atomic mass is 79.9. The predicted octanol–water partition coefficient (Wildman–Crippen LogP) is 4.90. The number of sulfonamides is 1. The first kappa shape index (κ1) is 30.2. The molecule has 0 bridgehead atoms. The van der Waals surface area contributed by atoms with Crippen molar-refractivity contribution in [1.29, 1.82) is 0 Å².